The van der Waals surface area contributed by atoms with E-state index >= 15 is 0 Å². The van der Waals surface area contributed by atoms with Crippen LogP contribution in [-0.2, 0) is 5.60 Å². The number of nitrogens with zero attached hydrogens (tertiary/aromatic N) is 3. The molecule has 1 N–H and O–H groups in total. The summed E-state index contributed by atoms with van der Waals surface area (Å²) in [5.74, 6) is 0.996. The lowest BCUT2D eigenvalue weighted by atomic mass is 9.62. The quantitative estimate of drug-likeness (QED) is 0.541. The van der Waals surface area contributed by atoms with Gasteiger partial charge < -0.3 is 14.9 Å². The number of anilines is 1. The second-order valence-electron chi connectivity index (χ2n) is 11.0. The third kappa shape index (κ3) is 3.93. The van der Waals surface area contributed by atoms with Crippen LogP contribution in [0.1, 0.15) is 61.3 Å². The first kappa shape index (κ1) is 23.1. The van der Waals surface area contributed by atoms with Gasteiger partial charge in [0.15, 0.2) is 0 Å². The predicted molar refractivity (Wildman–Crippen MR) is 139 cm³/mol. The topological polar surface area (TPSA) is 39.6 Å². The van der Waals surface area contributed by atoms with Crippen LogP contribution >= 0.6 is 0 Å². The summed E-state index contributed by atoms with van der Waals surface area (Å²) >= 11 is 0. The molecule has 2 atom stereocenters. The molecule has 2 fully saturated rings. The number of aromatic nitrogens is 1. The van der Waals surface area contributed by atoms with Crippen LogP contribution in [0, 0.1) is 5.41 Å². The van der Waals surface area contributed by atoms with E-state index in [1.165, 1.54) is 11.1 Å². The average Bonchev–Trinajstić information content (AvgIpc) is 3.34. The van der Waals surface area contributed by atoms with Gasteiger partial charge in [0.05, 0.1) is 11.9 Å². The number of likely N-dealkylation sites (tertiary alicyclic amines) is 1. The van der Waals surface area contributed by atoms with Gasteiger partial charge in [0.1, 0.15) is 5.60 Å². The number of aliphatic hydroxyl groups is 1. The van der Waals surface area contributed by atoms with Crippen molar-refractivity contribution in [1.29, 1.82) is 0 Å². The molecule has 2 unspecified atom stereocenters. The molecule has 178 valence electrons. The first-order chi connectivity index (χ1) is 16.3. The minimum Gasteiger partial charge on any atom is -0.380 e. The van der Waals surface area contributed by atoms with E-state index in [9.17, 15) is 5.11 Å². The van der Waals surface area contributed by atoms with Crippen LogP contribution in [-0.4, -0.2) is 48.2 Å². The van der Waals surface area contributed by atoms with Crippen molar-refractivity contribution in [2.45, 2.75) is 44.6 Å². The highest BCUT2D eigenvalue weighted by molar-refractivity contribution is 5.52. The van der Waals surface area contributed by atoms with E-state index in [0.717, 1.165) is 49.4 Å². The molecule has 0 spiro atoms. The lowest BCUT2D eigenvalue weighted by molar-refractivity contribution is -0.127. The van der Waals surface area contributed by atoms with Gasteiger partial charge in [-0.25, -0.2) is 0 Å². The molecule has 2 aliphatic rings. The SMILES string of the molecule is CC(C)c1ccc(C(O)(c2cncc(N3CCC(c4ccccc4)C3)c2)C2(C)CN(C)C2)cc1. The van der Waals surface area contributed by atoms with Crippen LogP contribution in [0.15, 0.2) is 73.1 Å². The maximum absolute atomic E-state index is 12.5. The van der Waals surface area contributed by atoms with Crippen molar-refractivity contribution in [2.24, 2.45) is 5.41 Å². The lowest BCUT2D eigenvalue weighted by Crippen LogP contribution is -2.63. The molecule has 1 aromatic heterocycles. The Bertz CT molecular complexity index is 1120. The highest BCUT2D eigenvalue weighted by Gasteiger charge is 2.55. The maximum Gasteiger partial charge on any atom is 0.124 e. The first-order valence-electron chi connectivity index (χ1n) is 12.6. The summed E-state index contributed by atoms with van der Waals surface area (Å²) in [5.41, 5.74) is 4.26. The van der Waals surface area contributed by atoms with Crippen molar-refractivity contribution in [3.8, 4) is 0 Å². The normalized spacial score (nSPS) is 21.9. The van der Waals surface area contributed by atoms with E-state index in [4.69, 9.17) is 0 Å². The fourth-order valence-corrected chi connectivity index (χ4v) is 6.14. The summed E-state index contributed by atoms with van der Waals surface area (Å²) in [5, 5.41) is 12.5. The van der Waals surface area contributed by atoms with Gasteiger partial charge in [-0.1, -0.05) is 75.4 Å². The second kappa shape index (κ2) is 8.83. The van der Waals surface area contributed by atoms with Crippen LogP contribution in [0.2, 0.25) is 0 Å². The number of benzene rings is 2. The third-order valence-corrected chi connectivity index (χ3v) is 8.07. The zero-order chi connectivity index (χ0) is 23.9. The molecule has 4 heteroatoms. The van der Waals surface area contributed by atoms with Gasteiger partial charge in [-0.05, 0) is 42.1 Å². The smallest absolute Gasteiger partial charge is 0.124 e. The number of hydrogen-bond acceptors (Lipinski definition) is 4. The van der Waals surface area contributed by atoms with E-state index in [1.54, 1.807) is 0 Å². The highest BCUT2D eigenvalue weighted by atomic mass is 16.3. The van der Waals surface area contributed by atoms with E-state index < -0.39 is 5.60 Å². The van der Waals surface area contributed by atoms with Gasteiger partial charge in [-0.15, -0.1) is 0 Å². The van der Waals surface area contributed by atoms with Gasteiger partial charge in [0.2, 0.25) is 0 Å². The molecule has 5 rings (SSSR count). The molecule has 2 aliphatic heterocycles. The van der Waals surface area contributed by atoms with Crippen LogP contribution in [0.5, 0.6) is 0 Å². The van der Waals surface area contributed by atoms with E-state index in [-0.39, 0.29) is 5.41 Å². The molecule has 34 heavy (non-hydrogen) atoms. The Morgan fingerprint density at radius 2 is 1.71 bits per heavy atom. The van der Waals surface area contributed by atoms with Crippen LogP contribution in [0.3, 0.4) is 0 Å². The minimum atomic E-state index is -1.10. The molecule has 4 nitrogen and oxygen atoms in total. The molecule has 3 heterocycles. The molecule has 0 aliphatic carbocycles. The third-order valence-electron chi connectivity index (χ3n) is 8.07. The van der Waals surface area contributed by atoms with Crippen LogP contribution < -0.4 is 4.90 Å². The summed E-state index contributed by atoms with van der Waals surface area (Å²) in [7, 11) is 2.12. The largest absolute Gasteiger partial charge is 0.380 e. The van der Waals surface area contributed by atoms with Crippen molar-refractivity contribution in [3.05, 3.63) is 95.3 Å². The van der Waals surface area contributed by atoms with Crippen LogP contribution in [0.4, 0.5) is 5.69 Å². The summed E-state index contributed by atoms with van der Waals surface area (Å²) in [6, 6.07) is 21.5. The fraction of sp³-hybridized carbons (Fsp3) is 0.433. The number of hydrogen-bond donors (Lipinski definition) is 1. The first-order valence-corrected chi connectivity index (χ1v) is 12.6. The van der Waals surface area contributed by atoms with Crippen LogP contribution in [0.25, 0.3) is 0 Å². The second-order valence-corrected chi connectivity index (χ2v) is 11.0. The summed E-state index contributed by atoms with van der Waals surface area (Å²) in [6.07, 6.45) is 4.96. The molecule has 0 bridgehead atoms. The molecule has 0 radical (unpaired) electrons. The summed E-state index contributed by atoms with van der Waals surface area (Å²) < 4.78 is 0. The molecule has 0 saturated carbocycles. The molecule has 2 aromatic carbocycles. The standard InChI is InChI=1S/C30H37N3O/c1-22(2)23-10-12-26(13-11-23)30(34,29(3)20-32(4)21-29)27-16-28(18-31-17-27)33-15-14-25(19-33)24-8-6-5-7-9-24/h5-13,16-18,22,25,34H,14-15,19-21H2,1-4H3. The Labute approximate surface area is 204 Å². The number of pyridine rings is 1. The Balaban J connectivity index is 1.49. The highest BCUT2D eigenvalue weighted by Crippen LogP contribution is 2.50. The van der Waals surface area contributed by atoms with E-state index in [2.05, 4.69) is 103 Å². The van der Waals surface area contributed by atoms with E-state index in [0.29, 0.717) is 11.8 Å². The molecule has 2 saturated heterocycles. The molecule has 0 amide bonds. The predicted octanol–water partition coefficient (Wildman–Crippen LogP) is 5.39. The van der Waals surface area contributed by atoms with Crippen molar-refractivity contribution in [1.82, 2.24) is 9.88 Å². The van der Waals surface area contributed by atoms with Gasteiger partial charge >= 0.3 is 0 Å². The van der Waals surface area contributed by atoms with Crippen molar-refractivity contribution in [2.75, 3.05) is 38.1 Å². The molecular weight excluding hydrogens is 418 g/mol. The van der Waals surface area contributed by atoms with Gasteiger partial charge in [0.25, 0.3) is 0 Å². The fourth-order valence-electron chi connectivity index (χ4n) is 6.14. The Morgan fingerprint density at radius 3 is 2.35 bits per heavy atom. The Morgan fingerprint density at radius 1 is 1.00 bits per heavy atom. The zero-order valence-corrected chi connectivity index (χ0v) is 20.9. The van der Waals surface area contributed by atoms with Gasteiger partial charge in [-0.3, -0.25) is 4.98 Å². The van der Waals surface area contributed by atoms with Gasteiger partial charge in [-0.2, -0.15) is 0 Å². The Kier molecular flexibility index (Phi) is 5.99. The molecular formula is C30H37N3O. The minimum absolute atomic E-state index is 0.279. The molecule has 3 aromatic rings. The van der Waals surface area contributed by atoms with Gasteiger partial charge in [0, 0.05) is 49.3 Å². The van der Waals surface area contributed by atoms with Crippen molar-refractivity contribution < 1.29 is 5.11 Å². The number of rotatable bonds is 6. The maximum atomic E-state index is 12.5. The zero-order valence-electron chi connectivity index (χ0n) is 20.9. The Hall–Kier alpha value is -2.69. The average molecular weight is 456 g/mol. The van der Waals surface area contributed by atoms with Crippen molar-refractivity contribution >= 4 is 5.69 Å². The lowest BCUT2D eigenvalue weighted by Gasteiger charge is -2.56. The summed E-state index contributed by atoms with van der Waals surface area (Å²) in [6.45, 7) is 10.3. The summed E-state index contributed by atoms with van der Waals surface area (Å²) in [4.78, 5) is 9.34. The monoisotopic (exact) mass is 455 g/mol. The van der Waals surface area contributed by atoms with Crippen molar-refractivity contribution in [3.63, 3.8) is 0 Å². The van der Waals surface area contributed by atoms with E-state index in [1.807, 2.05) is 12.4 Å².